The first-order chi connectivity index (χ1) is 12.0. The van der Waals surface area contributed by atoms with E-state index in [2.05, 4.69) is 10.9 Å². The number of benzene rings is 2. The van der Waals surface area contributed by atoms with Crippen LogP contribution >= 0.6 is 11.8 Å². The van der Waals surface area contributed by atoms with Crippen molar-refractivity contribution in [3.8, 4) is 5.75 Å². The van der Waals surface area contributed by atoms with Gasteiger partial charge < -0.3 is 4.74 Å². The number of hydrogen-bond acceptors (Lipinski definition) is 4. The molecular weight excluding hydrogens is 336 g/mol. The van der Waals surface area contributed by atoms with Gasteiger partial charge in [0.05, 0.1) is 6.10 Å². The quantitative estimate of drug-likeness (QED) is 0.777. The lowest BCUT2D eigenvalue weighted by molar-refractivity contribution is 0.0846. The zero-order valence-corrected chi connectivity index (χ0v) is 15.4. The van der Waals surface area contributed by atoms with E-state index in [-0.39, 0.29) is 17.9 Å². The molecule has 25 heavy (non-hydrogen) atoms. The standard InChI is InChI=1S/C19H22N2O3S/c1-13(2)24-17-9-7-15(8-10-17)18(22)20-21-19(23)16-6-4-5-14(11-16)12-25-3/h4-11,13H,12H2,1-3H3,(H,20,22)(H,21,23). The fraction of sp³-hybridized carbons (Fsp3) is 0.263. The van der Waals surface area contributed by atoms with E-state index in [4.69, 9.17) is 4.74 Å². The van der Waals surface area contributed by atoms with Crippen LogP contribution in [-0.2, 0) is 5.75 Å². The van der Waals surface area contributed by atoms with E-state index in [0.29, 0.717) is 16.9 Å². The van der Waals surface area contributed by atoms with Crippen molar-refractivity contribution < 1.29 is 14.3 Å². The summed E-state index contributed by atoms with van der Waals surface area (Å²) in [5.74, 6) is 0.792. The lowest BCUT2D eigenvalue weighted by atomic mass is 10.1. The third-order valence-corrected chi connectivity index (χ3v) is 3.90. The summed E-state index contributed by atoms with van der Waals surface area (Å²) < 4.78 is 5.53. The normalized spacial score (nSPS) is 10.4. The number of carbonyl (C=O) groups is 2. The Labute approximate surface area is 152 Å². The van der Waals surface area contributed by atoms with Gasteiger partial charge in [0.1, 0.15) is 5.75 Å². The molecule has 2 aromatic carbocycles. The first-order valence-corrected chi connectivity index (χ1v) is 9.34. The van der Waals surface area contributed by atoms with Crippen molar-refractivity contribution in [3.05, 3.63) is 65.2 Å². The molecule has 0 saturated heterocycles. The molecule has 0 saturated carbocycles. The van der Waals surface area contributed by atoms with Crippen LogP contribution in [0.15, 0.2) is 48.5 Å². The highest BCUT2D eigenvalue weighted by molar-refractivity contribution is 7.97. The second-order valence-corrected chi connectivity index (χ2v) is 6.60. The van der Waals surface area contributed by atoms with Crippen LogP contribution in [-0.4, -0.2) is 24.2 Å². The second-order valence-electron chi connectivity index (χ2n) is 5.73. The van der Waals surface area contributed by atoms with Gasteiger partial charge in [-0.3, -0.25) is 20.4 Å². The topological polar surface area (TPSA) is 67.4 Å². The Bertz CT molecular complexity index is 730. The molecular formula is C19H22N2O3S. The fourth-order valence-corrected chi connectivity index (χ4v) is 2.70. The molecule has 0 atom stereocenters. The first-order valence-electron chi connectivity index (χ1n) is 7.95. The maximum absolute atomic E-state index is 12.2. The molecule has 0 aliphatic heterocycles. The molecule has 6 heteroatoms. The molecule has 0 spiro atoms. The van der Waals surface area contributed by atoms with Crippen LogP contribution in [0, 0.1) is 0 Å². The Balaban J connectivity index is 1.92. The summed E-state index contributed by atoms with van der Waals surface area (Å²) >= 11 is 1.68. The van der Waals surface area contributed by atoms with E-state index in [1.54, 1.807) is 42.1 Å². The number of nitrogens with one attached hydrogen (secondary N) is 2. The smallest absolute Gasteiger partial charge is 0.269 e. The van der Waals surface area contributed by atoms with Crippen molar-refractivity contribution in [1.82, 2.24) is 10.9 Å². The Morgan fingerprint density at radius 2 is 1.64 bits per heavy atom. The number of hydrogen-bond donors (Lipinski definition) is 2. The predicted molar refractivity (Wildman–Crippen MR) is 101 cm³/mol. The van der Waals surface area contributed by atoms with Crippen LogP contribution in [0.3, 0.4) is 0 Å². The van der Waals surface area contributed by atoms with Crippen LogP contribution in [0.2, 0.25) is 0 Å². The van der Waals surface area contributed by atoms with E-state index >= 15 is 0 Å². The highest BCUT2D eigenvalue weighted by atomic mass is 32.2. The number of thioether (sulfide) groups is 1. The van der Waals surface area contributed by atoms with Gasteiger partial charge in [0, 0.05) is 16.9 Å². The van der Waals surface area contributed by atoms with Crippen molar-refractivity contribution in [3.63, 3.8) is 0 Å². The molecule has 0 aliphatic carbocycles. The highest BCUT2D eigenvalue weighted by Gasteiger charge is 2.10. The fourth-order valence-electron chi connectivity index (χ4n) is 2.18. The van der Waals surface area contributed by atoms with Crippen LogP contribution in [0.4, 0.5) is 0 Å². The predicted octanol–water partition coefficient (Wildman–Crippen LogP) is 3.41. The monoisotopic (exact) mass is 358 g/mol. The summed E-state index contributed by atoms with van der Waals surface area (Å²) in [5, 5.41) is 0. The molecule has 5 nitrogen and oxygen atoms in total. The number of amides is 2. The Morgan fingerprint density at radius 3 is 2.24 bits per heavy atom. The summed E-state index contributed by atoms with van der Waals surface area (Å²) in [6.45, 7) is 3.87. The lowest BCUT2D eigenvalue weighted by Crippen LogP contribution is -2.41. The van der Waals surface area contributed by atoms with Crippen molar-refractivity contribution in [1.29, 1.82) is 0 Å². The Morgan fingerprint density at radius 1 is 1.00 bits per heavy atom. The van der Waals surface area contributed by atoms with Crippen LogP contribution in [0.1, 0.15) is 40.1 Å². The molecule has 2 N–H and O–H groups in total. The van der Waals surface area contributed by atoms with Crippen LogP contribution < -0.4 is 15.6 Å². The molecule has 2 amide bonds. The van der Waals surface area contributed by atoms with Gasteiger partial charge in [-0.05, 0) is 62.1 Å². The Kier molecular flexibility index (Phi) is 6.89. The summed E-state index contributed by atoms with van der Waals surface area (Å²) in [6, 6.07) is 14.1. The van der Waals surface area contributed by atoms with Crippen molar-refractivity contribution >= 4 is 23.6 Å². The third kappa shape index (κ3) is 5.83. The molecule has 0 unspecified atom stereocenters. The summed E-state index contributed by atoms with van der Waals surface area (Å²) in [7, 11) is 0. The SMILES string of the molecule is CSCc1cccc(C(=O)NNC(=O)c2ccc(OC(C)C)cc2)c1. The highest BCUT2D eigenvalue weighted by Crippen LogP contribution is 2.14. The van der Waals surface area contributed by atoms with Gasteiger partial charge >= 0.3 is 0 Å². The van der Waals surface area contributed by atoms with Crippen LogP contribution in [0.25, 0.3) is 0 Å². The first kappa shape index (κ1) is 18.9. The third-order valence-electron chi connectivity index (χ3n) is 3.28. The molecule has 0 bridgehead atoms. The Hall–Kier alpha value is -2.47. The van der Waals surface area contributed by atoms with Gasteiger partial charge in [-0.25, -0.2) is 0 Å². The molecule has 2 aromatic rings. The van der Waals surface area contributed by atoms with Gasteiger partial charge in [0.25, 0.3) is 11.8 Å². The number of ether oxygens (including phenoxy) is 1. The molecule has 0 fully saturated rings. The minimum atomic E-state index is -0.385. The average Bonchev–Trinajstić information content (AvgIpc) is 2.60. The minimum absolute atomic E-state index is 0.0702. The van der Waals surface area contributed by atoms with E-state index in [0.717, 1.165) is 11.3 Å². The van der Waals surface area contributed by atoms with E-state index in [1.165, 1.54) is 0 Å². The summed E-state index contributed by atoms with van der Waals surface area (Å²) in [6.07, 6.45) is 2.07. The average molecular weight is 358 g/mol. The van der Waals surface area contributed by atoms with Gasteiger partial charge in [-0.2, -0.15) is 11.8 Å². The largest absolute Gasteiger partial charge is 0.491 e. The molecule has 0 aliphatic rings. The zero-order valence-electron chi connectivity index (χ0n) is 14.5. The maximum Gasteiger partial charge on any atom is 0.269 e. The van der Waals surface area contributed by atoms with E-state index in [1.807, 2.05) is 38.3 Å². The molecule has 0 aromatic heterocycles. The molecule has 2 rings (SSSR count). The second kappa shape index (κ2) is 9.13. The summed E-state index contributed by atoms with van der Waals surface area (Å²) in [4.78, 5) is 24.3. The minimum Gasteiger partial charge on any atom is -0.491 e. The van der Waals surface area contributed by atoms with Gasteiger partial charge in [-0.1, -0.05) is 12.1 Å². The zero-order chi connectivity index (χ0) is 18.2. The van der Waals surface area contributed by atoms with Crippen molar-refractivity contribution in [2.75, 3.05) is 6.26 Å². The van der Waals surface area contributed by atoms with Gasteiger partial charge in [0.15, 0.2) is 0 Å². The molecule has 0 radical (unpaired) electrons. The van der Waals surface area contributed by atoms with Gasteiger partial charge in [-0.15, -0.1) is 0 Å². The van der Waals surface area contributed by atoms with Gasteiger partial charge in [0.2, 0.25) is 0 Å². The number of rotatable bonds is 6. The lowest BCUT2D eigenvalue weighted by Gasteiger charge is -2.11. The van der Waals surface area contributed by atoms with Crippen LogP contribution in [0.5, 0.6) is 5.75 Å². The van der Waals surface area contributed by atoms with E-state index in [9.17, 15) is 9.59 Å². The molecule has 0 heterocycles. The molecule has 132 valence electrons. The van der Waals surface area contributed by atoms with Crippen molar-refractivity contribution in [2.45, 2.75) is 25.7 Å². The number of hydrazine groups is 1. The maximum atomic E-state index is 12.2. The van der Waals surface area contributed by atoms with Crippen molar-refractivity contribution in [2.24, 2.45) is 0 Å². The number of carbonyl (C=O) groups excluding carboxylic acids is 2. The summed E-state index contributed by atoms with van der Waals surface area (Å²) in [5.41, 5.74) is 6.87. The van der Waals surface area contributed by atoms with E-state index < -0.39 is 0 Å².